The molecule has 3 heterocycles. The van der Waals surface area contributed by atoms with Gasteiger partial charge in [0.1, 0.15) is 17.2 Å². The van der Waals surface area contributed by atoms with Gasteiger partial charge in [0.2, 0.25) is 5.91 Å². The van der Waals surface area contributed by atoms with Crippen LogP contribution in [0, 0.1) is 5.82 Å². The molecular weight excluding hydrogens is 405 g/mol. The third-order valence-corrected chi connectivity index (χ3v) is 6.19. The molecule has 30 heavy (non-hydrogen) atoms. The molecule has 4 rings (SSSR count). The van der Waals surface area contributed by atoms with Crippen LogP contribution in [0.25, 0.3) is 0 Å². The standard InChI is InChI=1S/C22H20FN3O3S/c23-17-6-4-15(5-7-17)21(28)26-19(14-30-22(26)16-9-12-29-13-16)20(27)25-11-8-18-3-1-2-10-24-18/h1-7,9-10,12-13,19,22H,8,11,14H2,(H,25,27). The number of hydrogen-bond acceptors (Lipinski definition) is 5. The lowest BCUT2D eigenvalue weighted by molar-refractivity contribution is -0.124. The fourth-order valence-electron chi connectivity index (χ4n) is 3.35. The summed E-state index contributed by atoms with van der Waals surface area (Å²) in [5.41, 5.74) is 2.02. The zero-order chi connectivity index (χ0) is 20.9. The predicted molar refractivity (Wildman–Crippen MR) is 111 cm³/mol. The number of halogens is 1. The highest BCUT2D eigenvalue weighted by Gasteiger charge is 2.42. The Morgan fingerprint density at radius 1 is 1.20 bits per heavy atom. The molecule has 0 radical (unpaired) electrons. The Bertz CT molecular complexity index is 996. The van der Waals surface area contributed by atoms with Crippen LogP contribution in [0.3, 0.4) is 0 Å². The number of nitrogens with zero attached hydrogens (tertiary/aromatic N) is 2. The Morgan fingerprint density at radius 3 is 2.73 bits per heavy atom. The molecule has 6 nitrogen and oxygen atoms in total. The number of nitrogens with one attached hydrogen (secondary N) is 1. The van der Waals surface area contributed by atoms with Crippen molar-refractivity contribution in [3.8, 4) is 0 Å². The van der Waals surface area contributed by atoms with Gasteiger partial charge in [0.05, 0.1) is 12.5 Å². The van der Waals surface area contributed by atoms with Gasteiger partial charge in [0.15, 0.2) is 0 Å². The van der Waals surface area contributed by atoms with Crippen LogP contribution in [0.1, 0.15) is 27.0 Å². The summed E-state index contributed by atoms with van der Waals surface area (Å²) in [6.07, 6.45) is 5.42. The molecule has 1 saturated heterocycles. The molecule has 2 atom stereocenters. The topological polar surface area (TPSA) is 75.4 Å². The van der Waals surface area contributed by atoms with Gasteiger partial charge in [-0.2, -0.15) is 0 Å². The second kappa shape index (κ2) is 9.13. The van der Waals surface area contributed by atoms with Gasteiger partial charge in [-0.3, -0.25) is 14.6 Å². The molecule has 154 valence electrons. The first kappa shape index (κ1) is 20.2. The molecule has 0 saturated carbocycles. The maximum Gasteiger partial charge on any atom is 0.255 e. The Kier molecular flexibility index (Phi) is 6.13. The normalized spacial score (nSPS) is 18.4. The predicted octanol–water partition coefficient (Wildman–Crippen LogP) is 3.43. The van der Waals surface area contributed by atoms with Gasteiger partial charge in [-0.15, -0.1) is 11.8 Å². The summed E-state index contributed by atoms with van der Waals surface area (Å²) in [7, 11) is 0. The van der Waals surface area contributed by atoms with E-state index in [0.717, 1.165) is 11.3 Å². The summed E-state index contributed by atoms with van der Waals surface area (Å²) in [4.78, 5) is 32.0. The summed E-state index contributed by atoms with van der Waals surface area (Å²) in [6, 6.07) is 12.1. The van der Waals surface area contributed by atoms with Crippen molar-refractivity contribution in [3.05, 3.63) is 89.9 Å². The zero-order valence-corrected chi connectivity index (χ0v) is 16.8. The summed E-state index contributed by atoms with van der Waals surface area (Å²) < 4.78 is 18.5. The van der Waals surface area contributed by atoms with Crippen molar-refractivity contribution >= 4 is 23.6 Å². The first-order chi connectivity index (χ1) is 14.6. The van der Waals surface area contributed by atoms with Crippen molar-refractivity contribution in [1.29, 1.82) is 0 Å². The van der Waals surface area contributed by atoms with Gasteiger partial charge < -0.3 is 14.6 Å². The van der Waals surface area contributed by atoms with E-state index in [1.807, 2.05) is 18.2 Å². The number of pyridine rings is 1. The number of thioether (sulfide) groups is 1. The van der Waals surface area contributed by atoms with Gasteiger partial charge in [-0.25, -0.2) is 4.39 Å². The minimum Gasteiger partial charge on any atom is -0.472 e. The maximum absolute atomic E-state index is 13.3. The van der Waals surface area contributed by atoms with E-state index in [1.54, 1.807) is 23.4 Å². The van der Waals surface area contributed by atoms with Crippen LogP contribution in [0.2, 0.25) is 0 Å². The first-order valence-corrected chi connectivity index (χ1v) is 10.6. The van der Waals surface area contributed by atoms with E-state index < -0.39 is 11.9 Å². The van der Waals surface area contributed by atoms with Crippen molar-refractivity contribution in [1.82, 2.24) is 15.2 Å². The average molecular weight is 425 g/mol. The van der Waals surface area contributed by atoms with Crippen LogP contribution in [0.4, 0.5) is 4.39 Å². The number of carbonyl (C=O) groups is 2. The van der Waals surface area contributed by atoms with Crippen LogP contribution in [0.5, 0.6) is 0 Å². The smallest absolute Gasteiger partial charge is 0.255 e. The van der Waals surface area contributed by atoms with Gasteiger partial charge in [-0.05, 0) is 42.5 Å². The molecule has 1 aromatic carbocycles. The zero-order valence-electron chi connectivity index (χ0n) is 16.0. The number of rotatable bonds is 6. The van der Waals surface area contributed by atoms with Crippen LogP contribution < -0.4 is 5.32 Å². The highest BCUT2D eigenvalue weighted by Crippen LogP contribution is 2.42. The van der Waals surface area contributed by atoms with E-state index in [1.165, 1.54) is 42.3 Å². The van der Waals surface area contributed by atoms with Gasteiger partial charge in [-0.1, -0.05) is 6.07 Å². The van der Waals surface area contributed by atoms with E-state index in [2.05, 4.69) is 10.3 Å². The quantitative estimate of drug-likeness (QED) is 0.655. The largest absolute Gasteiger partial charge is 0.472 e. The summed E-state index contributed by atoms with van der Waals surface area (Å²) in [5, 5.41) is 2.56. The van der Waals surface area contributed by atoms with E-state index in [9.17, 15) is 14.0 Å². The summed E-state index contributed by atoms with van der Waals surface area (Å²) in [5.74, 6) is -0.508. The molecule has 3 aromatic rings. The fourth-order valence-corrected chi connectivity index (χ4v) is 4.75. The minimum absolute atomic E-state index is 0.222. The number of furan rings is 1. The SMILES string of the molecule is O=C(NCCc1ccccn1)C1CSC(c2ccoc2)N1C(=O)c1ccc(F)cc1. The Morgan fingerprint density at radius 2 is 2.03 bits per heavy atom. The van der Waals surface area contributed by atoms with Crippen molar-refractivity contribution in [2.75, 3.05) is 12.3 Å². The summed E-state index contributed by atoms with van der Waals surface area (Å²) in [6.45, 7) is 0.423. The third kappa shape index (κ3) is 4.38. The molecule has 2 aromatic heterocycles. The number of carbonyl (C=O) groups excluding carboxylic acids is 2. The van der Waals surface area contributed by atoms with E-state index >= 15 is 0 Å². The van der Waals surface area contributed by atoms with Gasteiger partial charge in [0.25, 0.3) is 5.91 Å². The van der Waals surface area contributed by atoms with E-state index in [-0.39, 0.29) is 17.2 Å². The molecule has 1 aliphatic heterocycles. The molecular formula is C22H20FN3O3S. The Labute approximate surface area is 177 Å². The molecule has 2 unspecified atom stereocenters. The molecule has 8 heteroatoms. The van der Waals surface area contributed by atoms with Crippen LogP contribution >= 0.6 is 11.8 Å². The number of amides is 2. The number of hydrogen-bond donors (Lipinski definition) is 1. The lowest BCUT2D eigenvalue weighted by Gasteiger charge is -2.28. The number of aromatic nitrogens is 1. The molecule has 0 bridgehead atoms. The molecule has 0 spiro atoms. The maximum atomic E-state index is 13.3. The van der Waals surface area contributed by atoms with Gasteiger partial charge >= 0.3 is 0 Å². The van der Waals surface area contributed by atoms with Crippen molar-refractivity contribution in [2.45, 2.75) is 17.8 Å². The monoisotopic (exact) mass is 425 g/mol. The molecule has 1 fully saturated rings. The Hall–Kier alpha value is -3.13. The second-order valence-electron chi connectivity index (χ2n) is 6.84. The van der Waals surface area contributed by atoms with Crippen LogP contribution in [0.15, 0.2) is 71.7 Å². The Balaban J connectivity index is 1.50. The first-order valence-electron chi connectivity index (χ1n) is 9.53. The lowest BCUT2D eigenvalue weighted by Crippen LogP contribution is -2.48. The lowest BCUT2D eigenvalue weighted by atomic mass is 10.1. The van der Waals surface area contributed by atoms with E-state index in [4.69, 9.17) is 4.42 Å². The second-order valence-corrected chi connectivity index (χ2v) is 7.95. The van der Waals surface area contributed by atoms with Crippen molar-refractivity contribution in [2.24, 2.45) is 0 Å². The third-order valence-electron chi connectivity index (χ3n) is 4.86. The van der Waals surface area contributed by atoms with Crippen molar-refractivity contribution in [3.63, 3.8) is 0 Å². The molecule has 1 aliphatic rings. The van der Waals surface area contributed by atoms with Crippen LogP contribution in [-0.4, -0.2) is 40.0 Å². The van der Waals surface area contributed by atoms with Crippen molar-refractivity contribution < 1.29 is 18.4 Å². The fraction of sp³-hybridized carbons (Fsp3) is 0.227. The highest BCUT2D eigenvalue weighted by atomic mass is 32.2. The average Bonchev–Trinajstić information content (AvgIpc) is 3.44. The molecule has 1 N–H and O–H groups in total. The highest BCUT2D eigenvalue weighted by molar-refractivity contribution is 7.99. The number of benzene rings is 1. The van der Waals surface area contributed by atoms with Gasteiger partial charge in [0, 0.05) is 41.7 Å². The van der Waals surface area contributed by atoms with E-state index in [0.29, 0.717) is 24.3 Å². The summed E-state index contributed by atoms with van der Waals surface area (Å²) >= 11 is 1.50. The molecule has 0 aliphatic carbocycles. The minimum atomic E-state index is -0.642. The van der Waals surface area contributed by atoms with Crippen LogP contribution in [-0.2, 0) is 11.2 Å². The molecule has 2 amide bonds.